The van der Waals surface area contributed by atoms with Crippen LogP contribution in [0, 0.1) is 34.7 Å². The first kappa shape index (κ1) is 13.1. The minimum Gasteiger partial charge on any atom is -0.319 e. The Morgan fingerprint density at radius 1 is 1.53 bits per heavy atom. The number of nitro benzene ring substituents is 1. The van der Waals surface area contributed by atoms with Gasteiger partial charge in [0.2, 0.25) is 0 Å². The fourth-order valence-corrected chi connectivity index (χ4v) is 1.33. The highest BCUT2D eigenvalue weighted by Crippen LogP contribution is 2.22. The minimum atomic E-state index is -0.639. The summed E-state index contributed by atoms with van der Waals surface area (Å²) in [5, 5.41) is 13.6. The molecule has 0 spiro atoms. The second-order valence-electron chi connectivity index (χ2n) is 3.51. The van der Waals surface area contributed by atoms with Crippen LogP contribution in [0.25, 0.3) is 0 Å². The van der Waals surface area contributed by atoms with Crippen LogP contribution in [0.2, 0.25) is 0 Å². The maximum Gasteiger partial charge on any atom is 0.276 e. The number of hydrogen-bond donors (Lipinski definition) is 1. The summed E-state index contributed by atoms with van der Waals surface area (Å²) < 4.78 is 13.2. The molecule has 0 bridgehead atoms. The van der Waals surface area contributed by atoms with Gasteiger partial charge in [0.05, 0.1) is 11.0 Å². The van der Waals surface area contributed by atoms with Crippen LogP contribution in [0.15, 0.2) is 12.1 Å². The van der Waals surface area contributed by atoms with Crippen LogP contribution in [0.1, 0.15) is 17.5 Å². The van der Waals surface area contributed by atoms with Crippen molar-refractivity contribution in [1.82, 2.24) is 5.32 Å². The molecule has 0 amide bonds. The number of rotatable bonds is 3. The molecule has 1 aromatic carbocycles. The van der Waals surface area contributed by atoms with Crippen molar-refractivity contribution in [3.8, 4) is 11.8 Å². The summed E-state index contributed by atoms with van der Waals surface area (Å²) in [6.45, 7) is 2.29. The van der Waals surface area contributed by atoms with Gasteiger partial charge in [-0.05, 0) is 20.0 Å². The van der Waals surface area contributed by atoms with Crippen LogP contribution < -0.4 is 5.32 Å². The molecule has 0 heterocycles. The van der Waals surface area contributed by atoms with Gasteiger partial charge in [0.25, 0.3) is 5.69 Å². The van der Waals surface area contributed by atoms with Crippen LogP contribution >= 0.6 is 0 Å². The Labute approximate surface area is 99.0 Å². The predicted molar refractivity (Wildman–Crippen MR) is 63.2 cm³/mol. The molecule has 0 aliphatic heterocycles. The number of nitrogens with one attached hydrogen (secondary N) is 1. The van der Waals surface area contributed by atoms with Crippen LogP contribution in [0.5, 0.6) is 0 Å². The molecular weight excluding hydrogens is 223 g/mol. The van der Waals surface area contributed by atoms with Crippen LogP contribution in [0.4, 0.5) is 10.1 Å². The van der Waals surface area contributed by atoms with Crippen molar-refractivity contribution in [2.45, 2.75) is 13.3 Å². The van der Waals surface area contributed by atoms with Gasteiger partial charge in [-0.15, -0.1) is 0 Å². The fraction of sp³-hybridized carbons (Fsp3) is 0.333. The monoisotopic (exact) mass is 236 g/mol. The summed E-state index contributed by atoms with van der Waals surface area (Å²) in [4.78, 5) is 10.1. The lowest BCUT2D eigenvalue weighted by Gasteiger charge is -2.00. The molecule has 0 saturated heterocycles. The average molecular weight is 236 g/mol. The Kier molecular flexibility index (Phi) is 4.61. The first-order valence-electron chi connectivity index (χ1n) is 5.14. The lowest BCUT2D eigenvalue weighted by molar-refractivity contribution is -0.385. The Bertz CT molecular complexity index is 489. The largest absolute Gasteiger partial charge is 0.319 e. The van der Waals surface area contributed by atoms with Crippen molar-refractivity contribution in [2.75, 3.05) is 13.6 Å². The summed E-state index contributed by atoms with van der Waals surface area (Å²) in [5.41, 5.74) is 0.532. The van der Waals surface area contributed by atoms with Gasteiger partial charge in [-0.2, -0.15) is 0 Å². The smallest absolute Gasteiger partial charge is 0.276 e. The number of halogens is 1. The molecule has 90 valence electrons. The van der Waals surface area contributed by atoms with Gasteiger partial charge in [0.15, 0.2) is 0 Å². The molecular formula is C12H13FN2O2. The zero-order valence-corrected chi connectivity index (χ0v) is 9.71. The molecule has 5 heteroatoms. The minimum absolute atomic E-state index is 0.233. The molecule has 0 atom stereocenters. The maximum atomic E-state index is 13.2. The van der Waals surface area contributed by atoms with Gasteiger partial charge >= 0.3 is 0 Å². The predicted octanol–water partition coefficient (Wildman–Crippen LogP) is 2.00. The van der Waals surface area contributed by atoms with E-state index < -0.39 is 10.7 Å². The van der Waals surface area contributed by atoms with Crippen molar-refractivity contribution in [3.63, 3.8) is 0 Å². The molecule has 0 saturated carbocycles. The third kappa shape index (κ3) is 3.54. The highest BCUT2D eigenvalue weighted by Gasteiger charge is 2.15. The van der Waals surface area contributed by atoms with E-state index in [0.717, 1.165) is 12.6 Å². The van der Waals surface area contributed by atoms with Gasteiger partial charge in [-0.1, -0.05) is 11.8 Å². The van der Waals surface area contributed by atoms with Gasteiger partial charge in [-0.25, -0.2) is 4.39 Å². The van der Waals surface area contributed by atoms with E-state index in [0.29, 0.717) is 17.5 Å². The van der Waals surface area contributed by atoms with Crippen LogP contribution in [0.3, 0.4) is 0 Å². The van der Waals surface area contributed by atoms with Crippen molar-refractivity contribution >= 4 is 5.69 Å². The summed E-state index contributed by atoms with van der Waals surface area (Å²) >= 11 is 0. The molecule has 1 aromatic rings. The van der Waals surface area contributed by atoms with E-state index in [2.05, 4.69) is 17.2 Å². The van der Waals surface area contributed by atoms with Crippen LogP contribution in [-0.4, -0.2) is 18.5 Å². The van der Waals surface area contributed by atoms with E-state index in [1.54, 1.807) is 14.0 Å². The molecule has 0 aliphatic rings. The second kappa shape index (κ2) is 5.97. The van der Waals surface area contributed by atoms with E-state index in [9.17, 15) is 14.5 Å². The summed E-state index contributed by atoms with van der Waals surface area (Å²) in [6.07, 6.45) is 0.611. The number of hydrogen-bond acceptors (Lipinski definition) is 3. The molecule has 0 fully saturated rings. The molecule has 1 N–H and O–H groups in total. The Morgan fingerprint density at radius 2 is 2.24 bits per heavy atom. The van der Waals surface area contributed by atoms with E-state index in [-0.39, 0.29) is 5.69 Å². The molecule has 0 unspecified atom stereocenters. The van der Waals surface area contributed by atoms with E-state index >= 15 is 0 Å². The lowest BCUT2D eigenvalue weighted by Crippen LogP contribution is -2.05. The van der Waals surface area contributed by atoms with Gasteiger partial charge in [0.1, 0.15) is 5.82 Å². The van der Waals surface area contributed by atoms with Crippen molar-refractivity contribution in [1.29, 1.82) is 0 Å². The van der Waals surface area contributed by atoms with E-state index in [4.69, 9.17) is 0 Å². The fourth-order valence-electron chi connectivity index (χ4n) is 1.33. The quantitative estimate of drug-likeness (QED) is 0.378. The Balaban J connectivity index is 3.06. The SMILES string of the molecule is CNCCC#Cc1cc(F)cc([N+](=O)[O-])c1C. The summed E-state index contributed by atoms with van der Waals surface area (Å²) in [7, 11) is 1.81. The zero-order valence-electron chi connectivity index (χ0n) is 9.71. The topological polar surface area (TPSA) is 55.2 Å². The molecule has 1 rings (SSSR count). The summed E-state index contributed by atoms with van der Waals surface area (Å²) in [5.74, 6) is 4.95. The molecule has 0 aliphatic carbocycles. The van der Waals surface area contributed by atoms with Crippen molar-refractivity contribution in [2.24, 2.45) is 0 Å². The normalized spacial score (nSPS) is 9.59. The van der Waals surface area contributed by atoms with E-state index in [1.165, 1.54) is 6.07 Å². The van der Waals surface area contributed by atoms with Gasteiger partial charge in [-0.3, -0.25) is 10.1 Å². The standard InChI is InChI=1S/C12H13FN2O2/c1-9-10(5-3-4-6-14-2)7-11(13)8-12(9)15(16)17/h7-8,14H,4,6H2,1-2H3. The zero-order chi connectivity index (χ0) is 12.8. The summed E-state index contributed by atoms with van der Waals surface area (Å²) in [6, 6.07) is 2.13. The molecule has 4 nitrogen and oxygen atoms in total. The van der Waals surface area contributed by atoms with Crippen molar-refractivity contribution < 1.29 is 9.31 Å². The Hall–Kier alpha value is -1.93. The maximum absolute atomic E-state index is 13.2. The molecule has 0 radical (unpaired) electrons. The number of nitrogens with zero attached hydrogens (tertiary/aromatic N) is 1. The van der Waals surface area contributed by atoms with Crippen LogP contribution in [-0.2, 0) is 0 Å². The van der Waals surface area contributed by atoms with Gasteiger partial charge < -0.3 is 5.32 Å². The average Bonchev–Trinajstić information content (AvgIpc) is 2.28. The molecule has 0 aromatic heterocycles. The molecule has 17 heavy (non-hydrogen) atoms. The number of benzene rings is 1. The second-order valence-corrected chi connectivity index (χ2v) is 3.51. The highest BCUT2D eigenvalue weighted by molar-refractivity contribution is 5.52. The highest BCUT2D eigenvalue weighted by atomic mass is 19.1. The Morgan fingerprint density at radius 3 is 2.82 bits per heavy atom. The van der Waals surface area contributed by atoms with E-state index in [1.807, 2.05) is 0 Å². The van der Waals surface area contributed by atoms with Crippen molar-refractivity contribution in [3.05, 3.63) is 39.2 Å². The first-order chi connectivity index (χ1) is 8.06. The van der Waals surface area contributed by atoms with Gasteiger partial charge in [0, 0.05) is 24.1 Å². The number of nitro groups is 1. The lowest BCUT2D eigenvalue weighted by atomic mass is 10.1. The third-order valence-electron chi connectivity index (χ3n) is 2.26. The first-order valence-corrected chi connectivity index (χ1v) is 5.14. The third-order valence-corrected chi connectivity index (χ3v) is 2.26.